The number of benzene rings is 2. The Kier molecular flexibility index (Phi) is 2.68. The van der Waals surface area contributed by atoms with E-state index in [9.17, 15) is 18.5 Å². The van der Waals surface area contributed by atoms with Crippen molar-refractivity contribution in [3.05, 3.63) is 52.6 Å². The lowest BCUT2D eigenvalue weighted by atomic mass is 10.1. The SMILES string of the molecule is O=[N+]([O-])OS(=O)(=O)c1cccc2ccccc12. The fraction of sp³-hybridized carbons (Fsp3) is 0. The second-order valence-corrected chi connectivity index (χ2v) is 4.73. The average molecular weight is 253 g/mol. The molecule has 0 radical (unpaired) electrons. The molecule has 0 saturated carbocycles. The second-order valence-electron chi connectivity index (χ2n) is 3.23. The molecule has 0 fully saturated rings. The zero-order valence-corrected chi connectivity index (χ0v) is 9.25. The van der Waals surface area contributed by atoms with Crippen molar-refractivity contribution >= 4 is 20.9 Å². The maximum absolute atomic E-state index is 11.6. The third-order valence-electron chi connectivity index (χ3n) is 2.18. The first-order chi connectivity index (χ1) is 8.00. The minimum absolute atomic E-state index is 0.215. The van der Waals surface area contributed by atoms with E-state index < -0.39 is 15.2 Å². The van der Waals surface area contributed by atoms with Crippen molar-refractivity contribution in [3.63, 3.8) is 0 Å². The molecule has 0 atom stereocenters. The number of hydrogen-bond acceptors (Lipinski definition) is 5. The quantitative estimate of drug-likeness (QED) is 0.614. The predicted molar refractivity (Wildman–Crippen MR) is 59.2 cm³/mol. The van der Waals surface area contributed by atoms with Gasteiger partial charge in [0.05, 0.1) is 0 Å². The van der Waals surface area contributed by atoms with Gasteiger partial charge in [0, 0.05) is 5.39 Å². The van der Waals surface area contributed by atoms with Crippen molar-refractivity contribution in [2.24, 2.45) is 0 Å². The van der Waals surface area contributed by atoms with Crippen LogP contribution in [0.3, 0.4) is 0 Å². The van der Waals surface area contributed by atoms with Gasteiger partial charge in [0.15, 0.2) is 0 Å². The highest BCUT2D eigenvalue weighted by Crippen LogP contribution is 2.24. The number of hydrogen-bond donors (Lipinski definition) is 0. The highest BCUT2D eigenvalue weighted by atomic mass is 32.2. The molecule has 0 aliphatic rings. The van der Waals surface area contributed by atoms with E-state index in [0.717, 1.165) is 0 Å². The number of nitrogens with zero attached hydrogens (tertiary/aromatic N) is 1. The zero-order valence-electron chi connectivity index (χ0n) is 8.44. The van der Waals surface area contributed by atoms with E-state index in [1.54, 1.807) is 30.3 Å². The summed E-state index contributed by atoms with van der Waals surface area (Å²) in [6, 6.07) is 11.1. The molecule has 2 aromatic carbocycles. The minimum atomic E-state index is -4.39. The fourth-order valence-corrected chi connectivity index (χ4v) is 2.47. The molecular weight excluding hydrogens is 246 g/mol. The van der Waals surface area contributed by atoms with Gasteiger partial charge in [0.1, 0.15) is 4.90 Å². The van der Waals surface area contributed by atoms with Crippen molar-refractivity contribution in [2.75, 3.05) is 0 Å². The van der Waals surface area contributed by atoms with Gasteiger partial charge < -0.3 is 0 Å². The topological polar surface area (TPSA) is 86.5 Å². The van der Waals surface area contributed by atoms with Crippen LogP contribution < -0.4 is 0 Å². The fourth-order valence-electron chi connectivity index (χ4n) is 1.53. The van der Waals surface area contributed by atoms with Crippen LogP contribution in [0.25, 0.3) is 10.8 Å². The summed E-state index contributed by atoms with van der Waals surface area (Å²) in [5.74, 6) is 0. The van der Waals surface area contributed by atoms with E-state index in [4.69, 9.17) is 0 Å². The largest absolute Gasteiger partial charge is 0.334 e. The maximum Gasteiger partial charge on any atom is 0.334 e. The van der Waals surface area contributed by atoms with Gasteiger partial charge in [-0.25, -0.2) is 0 Å². The molecule has 0 aliphatic heterocycles. The van der Waals surface area contributed by atoms with Gasteiger partial charge in [0.25, 0.3) is 0 Å². The van der Waals surface area contributed by atoms with Gasteiger partial charge in [0.2, 0.25) is 0 Å². The number of fused-ring (bicyclic) bond motifs is 1. The first-order valence-electron chi connectivity index (χ1n) is 4.57. The van der Waals surface area contributed by atoms with Crippen LogP contribution in [-0.2, 0) is 14.4 Å². The summed E-state index contributed by atoms with van der Waals surface area (Å²) in [6.45, 7) is 0. The molecule has 0 saturated heterocycles. The zero-order chi connectivity index (χ0) is 12.5. The van der Waals surface area contributed by atoms with E-state index in [2.05, 4.69) is 4.28 Å². The summed E-state index contributed by atoms with van der Waals surface area (Å²) in [7, 11) is -4.39. The van der Waals surface area contributed by atoms with Crippen molar-refractivity contribution in [1.29, 1.82) is 0 Å². The molecule has 0 aromatic heterocycles. The first kappa shape index (κ1) is 11.3. The van der Waals surface area contributed by atoms with Gasteiger partial charge in [-0.3, -0.25) is 0 Å². The first-order valence-corrected chi connectivity index (χ1v) is 5.98. The summed E-state index contributed by atoms with van der Waals surface area (Å²) in [5.41, 5.74) is 0. The normalized spacial score (nSPS) is 11.3. The van der Waals surface area contributed by atoms with Crippen LogP contribution in [0.4, 0.5) is 0 Å². The van der Waals surface area contributed by atoms with Gasteiger partial charge in [-0.1, -0.05) is 36.4 Å². The van der Waals surface area contributed by atoms with Crippen LogP contribution in [0, 0.1) is 10.1 Å². The van der Waals surface area contributed by atoms with E-state index in [1.165, 1.54) is 12.1 Å². The monoisotopic (exact) mass is 253 g/mol. The van der Waals surface area contributed by atoms with Crippen LogP contribution >= 0.6 is 0 Å². The standard InChI is InChI=1S/C10H7NO5S/c12-11(13)16-17(14,15)10-7-3-5-8-4-1-2-6-9(8)10/h1-7H. The Labute approximate surface area is 96.7 Å². The van der Waals surface area contributed by atoms with Crippen LogP contribution in [0.15, 0.2) is 47.4 Å². The van der Waals surface area contributed by atoms with E-state index >= 15 is 0 Å². The third kappa shape index (κ3) is 2.18. The van der Waals surface area contributed by atoms with E-state index in [1.807, 2.05) is 0 Å². The molecule has 2 rings (SSSR count). The highest BCUT2D eigenvalue weighted by Gasteiger charge is 2.21. The summed E-state index contributed by atoms with van der Waals surface area (Å²) < 4.78 is 26.9. The Morgan fingerprint density at radius 1 is 1.06 bits per heavy atom. The molecule has 0 spiro atoms. The van der Waals surface area contributed by atoms with Crippen molar-refractivity contribution in [1.82, 2.24) is 0 Å². The van der Waals surface area contributed by atoms with Crippen LogP contribution in [-0.4, -0.2) is 13.5 Å². The highest BCUT2D eigenvalue weighted by molar-refractivity contribution is 7.86. The minimum Gasteiger partial charge on any atom is -0.196 e. The lowest BCUT2D eigenvalue weighted by Crippen LogP contribution is -2.11. The molecule has 2 aromatic rings. The average Bonchev–Trinajstić information content (AvgIpc) is 2.26. The molecule has 0 N–H and O–H groups in total. The summed E-state index contributed by atoms with van der Waals surface area (Å²) >= 11 is 0. The van der Waals surface area contributed by atoms with Gasteiger partial charge in [-0.05, 0) is 11.5 Å². The van der Waals surface area contributed by atoms with Crippen molar-refractivity contribution < 1.29 is 17.8 Å². The molecule has 6 nitrogen and oxygen atoms in total. The molecule has 0 aliphatic carbocycles. The Hall–Kier alpha value is -2.15. The van der Waals surface area contributed by atoms with E-state index in [0.29, 0.717) is 10.8 Å². The summed E-state index contributed by atoms with van der Waals surface area (Å²) in [4.78, 5) is 9.91. The number of rotatable bonds is 3. The summed E-state index contributed by atoms with van der Waals surface area (Å²) in [6.07, 6.45) is 0. The lowest BCUT2D eigenvalue weighted by Gasteiger charge is -2.05. The molecule has 7 heteroatoms. The molecular formula is C10H7NO5S. The smallest absolute Gasteiger partial charge is 0.196 e. The Bertz CT molecular complexity index is 675. The second kappa shape index (κ2) is 4.02. The van der Waals surface area contributed by atoms with Gasteiger partial charge >= 0.3 is 15.2 Å². The Morgan fingerprint density at radius 2 is 1.71 bits per heavy atom. The Morgan fingerprint density at radius 3 is 2.41 bits per heavy atom. The van der Waals surface area contributed by atoms with Crippen LogP contribution in [0.5, 0.6) is 0 Å². The van der Waals surface area contributed by atoms with E-state index in [-0.39, 0.29) is 4.90 Å². The third-order valence-corrected chi connectivity index (χ3v) is 3.39. The van der Waals surface area contributed by atoms with Crippen molar-refractivity contribution in [2.45, 2.75) is 4.90 Å². The van der Waals surface area contributed by atoms with Crippen LogP contribution in [0.2, 0.25) is 0 Å². The lowest BCUT2D eigenvalue weighted by molar-refractivity contribution is -0.711. The van der Waals surface area contributed by atoms with Crippen LogP contribution in [0.1, 0.15) is 0 Å². The Balaban J connectivity index is 2.67. The molecule has 0 unspecified atom stereocenters. The van der Waals surface area contributed by atoms with Gasteiger partial charge in [-0.2, -0.15) is 12.7 Å². The molecule has 0 amide bonds. The molecule has 88 valence electrons. The van der Waals surface area contributed by atoms with Gasteiger partial charge in [-0.15, -0.1) is 10.1 Å². The molecule has 0 heterocycles. The molecule has 17 heavy (non-hydrogen) atoms. The summed E-state index contributed by atoms with van der Waals surface area (Å²) in [5, 5.41) is 9.85. The van der Waals surface area contributed by atoms with Crippen molar-refractivity contribution in [3.8, 4) is 0 Å². The molecule has 0 bridgehead atoms. The maximum atomic E-state index is 11.6. The predicted octanol–water partition coefficient (Wildman–Crippen LogP) is 1.74.